The molecule has 0 saturated heterocycles. The summed E-state index contributed by atoms with van der Waals surface area (Å²) in [6, 6.07) is 9.64. The van der Waals surface area contributed by atoms with Crippen LogP contribution in [0.4, 0.5) is 0 Å². The van der Waals surface area contributed by atoms with E-state index in [-0.39, 0.29) is 5.56 Å². The van der Waals surface area contributed by atoms with Gasteiger partial charge in [-0.05, 0) is 25.8 Å². The van der Waals surface area contributed by atoms with Crippen molar-refractivity contribution in [2.75, 3.05) is 0 Å². The van der Waals surface area contributed by atoms with E-state index in [0.717, 1.165) is 52.3 Å². The van der Waals surface area contributed by atoms with Gasteiger partial charge in [0.1, 0.15) is 5.82 Å². The molecule has 0 N–H and O–H groups in total. The zero-order valence-corrected chi connectivity index (χ0v) is 17.7. The Morgan fingerprint density at radius 2 is 1.87 bits per heavy atom. The second-order valence-corrected chi connectivity index (χ2v) is 8.31. The van der Waals surface area contributed by atoms with Gasteiger partial charge in [0.25, 0.3) is 5.56 Å². The van der Waals surface area contributed by atoms with E-state index >= 15 is 0 Å². The Morgan fingerprint density at radius 3 is 2.60 bits per heavy atom. The standard InChI is InChI=1S/C23H26N6O/c1-15-17(14-27(2)25-15)12-21-24-23(16-8-4-5-9-16)26-29(21)20-13-22(30)28(3)19-11-7-6-10-18(19)20/h6-7,10-11,13-14,16H,4-5,8-9,12H2,1-3H3. The van der Waals surface area contributed by atoms with Crippen molar-refractivity contribution < 1.29 is 0 Å². The smallest absolute Gasteiger partial charge is 0.252 e. The zero-order chi connectivity index (χ0) is 20.8. The van der Waals surface area contributed by atoms with E-state index in [2.05, 4.69) is 5.10 Å². The van der Waals surface area contributed by atoms with Gasteiger partial charge in [-0.25, -0.2) is 9.67 Å². The number of para-hydroxylation sites is 1. The van der Waals surface area contributed by atoms with Crippen molar-refractivity contribution in [3.63, 3.8) is 0 Å². The quantitative estimate of drug-likeness (QED) is 0.524. The topological polar surface area (TPSA) is 70.5 Å². The van der Waals surface area contributed by atoms with E-state index in [0.29, 0.717) is 12.3 Å². The SMILES string of the molecule is Cc1nn(C)cc1Cc1nc(C2CCCC2)nn1-c1cc(=O)n(C)c2ccccc12. The Balaban J connectivity index is 1.71. The summed E-state index contributed by atoms with van der Waals surface area (Å²) in [5, 5.41) is 10.4. The number of aromatic nitrogens is 6. The molecule has 0 amide bonds. The Morgan fingerprint density at radius 1 is 1.10 bits per heavy atom. The number of aryl methyl sites for hydroxylation is 3. The van der Waals surface area contributed by atoms with Crippen LogP contribution in [0.1, 0.15) is 54.5 Å². The number of pyridine rings is 1. The molecule has 0 aliphatic heterocycles. The molecule has 0 bridgehead atoms. The molecule has 0 spiro atoms. The van der Waals surface area contributed by atoms with E-state index in [1.165, 1.54) is 12.8 Å². The fraction of sp³-hybridized carbons (Fsp3) is 0.391. The van der Waals surface area contributed by atoms with Crippen LogP contribution in [0, 0.1) is 6.92 Å². The molecule has 1 aliphatic rings. The van der Waals surface area contributed by atoms with Gasteiger partial charge in [-0.1, -0.05) is 31.0 Å². The fourth-order valence-electron chi connectivity index (χ4n) is 4.59. The van der Waals surface area contributed by atoms with Gasteiger partial charge in [-0.3, -0.25) is 9.48 Å². The van der Waals surface area contributed by atoms with Gasteiger partial charge >= 0.3 is 0 Å². The Kier molecular flexibility index (Phi) is 4.53. The van der Waals surface area contributed by atoms with E-state index in [9.17, 15) is 4.79 Å². The van der Waals surface area contributed by atoms with Crippen LogP contribution in [0.2, 0.25) is 0 Å². The van der Waals surface area contributed by atoms with Crippen molar-refractivity contribution in [2.45, 2.75) is 44.9 Å². The lowest BCUT2D eigenvalue weighted by Gasteiger charge is -2.12. The molecule has 1 aromatic carbocycles. The predicted octanol–water partition coefficient (Wildman–Crippen LogP) is 3.41. The van der Waals surface area contributed by atoms with Gasteiger partial charge in [-0.2, -0.15) is 10.2 Å². The molecule has 30 heavy (non-hydrogen) atoms. The molecular weight excluding hydrogens is 376 g/mol. The maximum Gasteiger partial charge on any atom is 0.252 e. The first-order valence-electron chi connectivity index (χ1n) is 10.6. The third-order valence-corrected chi connectivity index (χ3v) is 6.23. The molecular formula is C23H26N6O. The monoisotopic (exact) mass is 402 g/mol. The summed E-state index contributed by atoms with van der Waals surface area (Å²) >= 11 is 0. The highest BCUT2D eigenvalue weighted by molar-refractivity contribution is 5.87. The van der Waals surface area contributed by atoms with Crippen molar-refractivity contribution in [3.05, 3.63) is 69.8 Å². The Hall–Kier alpha value is -3.22. The highest BCUT2D eigenvalue weighted by atomic mass is 16.1. The molecule has 3 aromatic heterocycles. The predicted molar refractivity (Wildman–Crippen MR) is 116 cm³/mol. The molecule has 1 fully saturated rings. The van der Waals surface area contributed by atoms with Crippen molar-refractivity contribution in [1.82, 2.24) is 29.1 Å². The van der Waals surface area contributed by atoms with Crippen LogP contribution < -0.4 is 5.56 Å². The van der Waals surface area contributed by atoms with Crippen molar-refractivity contribution in [3.8, 4) is 5.69 Å². The van der Waals surface area contributed by atoms with Crippen LogP contribution in [0.25, 0.3) is 16.6 Å². The van der Waals surface area contributed by atoms with Gasteiger partial charge in [0.2, 0.25) is 0 Å². The van der Waals surface area contributed by atoms with Crippen molar-refractivity contribution in [1.29, 1.82) is 0 Å². The molecule has 1 aliphatic carbocycles. The summed E-state index contributed by atoms with van der Waals surface area (Å²) in [4.78, 5) is 17.7. The van der Waals surface area contributed by atoms with E-state index < -0.39 is 0 Å². The minimum absolute atomic E-state index is 0.0508. The van der Waals surface area contributed by atoms with Crippen LogP contribution in [-0.2, 0) is 20.5 Å². The highest BCUT2D eigenvalue weighted by Crippen LogP contribution is 2.33. The third-order valence-electron chi connectivity index (χ3n) is 6.23. The van der Waals surface area contributed by atoms with E-state index in [1.54, 1.807) is 17.7 Å². The first kappa shape index (κ1) is 18.8. The van der Waals surface area contributed by atoms with Gasteiger partial charge in [-0.15, -0.1) is 0 Å². The molecule has 0 unspecified atom stereocenters. The zero-order valence-electron chi connectivity index (χ0n) is 17.7. The Labute approximate surface area is 175 Å². The number of hydrogen-bond donors (Lipinski definition) is 0. The van der Waals surface area contributed by atoms with Gasteiger partial charge < -0.3 is 4.57 Å². The summed E-state index contributed by atoms with van der Waals surface area (Å²) in [7, 11) is 3.74. The molecule has 0 atom stereocenters. The lowest BCUT2D eigenvalue weighted by atomic mass is 10.1. The van der Waals surface area contributed by atoms with Gasteiger partial charge in [0.15, 0.2) is 5.82 Å². The summed E-state index contributed by atoms with van der Waals surface area (Å²) in [6.45, 7) is 2.02. The number of nitrogens with zero attached hydrogens (tertiary/aromatic N) is 6. The molecule has 154 valence electrons. The largest absolute Gasteiger partial charge is 0.311 e. The van der Waals surface area contributed by atoms with Gasteiger partial charge in [0, 0.05) is 49.6 Å². The second-order valence-electron chi connectivity index (χ2n) is 8.31. The summed E-state index contributed by atoms with van der Waals surface area (Å²) in [5.74, 6) is 2.15. The molecule has 5 rings (SSSR count). The lowest BCUT2D eigenvalue weighted by molar-refractivity contribution is 0.662. The first-order valence-corrected chi connectivity index (χ1v) is 10.6. The van der Waals surface area contributed by atoms with E-state index in [1.807, 2.05) is 53.8 Å². The van der Waals surface area contributed by atoms with Crippen LogP contribution in [0.15, 0.2) is 41.3 Å². The van der Waals surface area contributed by atoms with Crippen molar-refractivity contribution in [2.24, 2.45) is 14.1 Å². The van der Waals surface area contributed by atoms with Crippen molar-refractivity contribution >= 4 is 10.9 Å². The highest BCUT2D eigenvalue weighted by Gasteiger charge is 2.25. The van der Waals surface area contributed by atoms with Crippen LogP contribution >= 0.6 is 0 Å². The van der Waals surface area contributed by atoms with Crippen LogP contribution in [0.5, 0.6) is 0 Å². The number of benzene rings is 1. The van der Waals surface area contributed by atoms with Crippen LogP contribution in [-0.4, -0.2) is 29.1 Å². The average Bonchev–Trinajstić information content (AvgIpc) is 3.46. The number of rotatable bonds is 4. The normalized spacial score (nSPS) is 14.8. The maximum absolute atomic E-state index is 12.7. The van der Waals surface area contributed by atoms with E-state index in [4.69, 9.17) is 10.1 Å². The third kappa shape index (κ3) is 3.14. The first-order chi connectivity index (χ1) is 14.5. The molecule has 1 saturated carbocycles. The maximum atomic E-state index is 12.7. The molecule has 0 radical (unpaired) electrons. The summed E-state index contributed by atoms with van der Waals surface area (Å²) < 4.78 is 5.40. The molecule has 7 nitrogen and oxygen atoms in total. The minimum Gasteiger partial charge on any atom is -0.311 e. The molecule has 7 heteroatoms. The second kappa shape index (κ2) is 7.23. The number of hydrogen-bond acceptors (Lipinski definition) is 4. The molecule has 3 heterocycles. The average molecular weight is 403 g/mol. The van der Waals surface area contributed by atoms with Crippen LogP contribution in [0.3, 0.4) is 0 Å². The Bertz CT molecular complexity index is 1290. The van der Waals surface area contributed by atoms with Gasteiger partial charge in [0.05, 0.1) is 16.9 Å². The minimum atomic E-state index is -0.0508. The molecule has 4 aromatic rings. The lowest BCUT2D eigenvalue weighted by Crippen LogP contribution is -2.19. The summed E-state index contributed by atoms with van der Waals surface area (Å²) in [6.07, 6.45) is 7.38. The fourth-order valence-corrected chi connectivity index (χ4v) is 4.59. The number of fused-ring (bicyclic) bond motifs is 1. The summed E-state index contributed by atoms with van der Waals surface area (Å²) in [5.41, 5.74) is 3.74.